The Morgan fingerprint density at radius 3 is 1.92 bits per heavy atom. The highest BCUT2D eigenvalue weighted by molar-refractivity contribution is 5.62. The summed E-state index contributed by atoms with van der Waals surface area (Å²) in [6.45, 7) is 4.04. The molecule has 5 heteroatoms. The standard InChI is InChI=1S/C5H13NO2.C2H4O2/c1-4(8)5(2,6)3-7;1-2(3)4/h4,7-8H,3,6H2,1-2H3;1H3,(H,3,4)/t4-,5?;/m0./s1. The predicted molar refractivity (Wildman–Crippen MR) is 44.7 cm³/mol. The molecule has 0 aromatic heterocycles. The molecular weight excluding hydrogens is 162 g/mol. The third-order valence-electron chi connectivity index (χ3n) is 1.30. The van der Waals surface area contributed by atoms with Crippen LogP contribution in [-0.4, -0.2) is 39.5 Å². The van der Waals surface area contributed by atoms with Crippen LogP contribution in [0.5, 0.6) is 0 Å². The first kappa shape index (κ1) is 13.9. The highest BCUT2D eigenvalue weighted by atomic mass is 16.4. The van der Waals surface area contributed by atoms with E-state index in [0.717, 1.165) is 6.92 Å². The van der Waals surface area contributed by atoms with Crippen LogP contribution in [0.2, 0.25) is 0 Å². The maximum atomic E-state index is 9.00. The average molecular weight is 179 g/mol. The highest BCUT2D eigenvalue weighted by Gasteiger charge is 2.22. The monoisotopic (exact) mass is 179 g/mol. The van der Waals surface area contributed by atoms with E-state index < -0.39 is 17.6 Å². The number of hydrogen-bond acceptors (Lipinski definition) is 4. The smallest absolute Gasteiger partial charge is 0.300 e. The lowest BCUT2D eigenvalue weighted by Gasteiger charge is -2.24. The fourth-order valence-electron chi connectivity index (χ4n) is 0.132. The minimum absolute atomic E-state index is 0.190. The van der Waals surface area contributed by atoms with Crippen molar-refractivity contribution in [3.8, 4) is 0 Å². The molecule has 0 saturated heterocycles. The van der Waals surface area contributed by atoms with Crippen LogP contribution >= 0.6 is 0 Å². The summed E-state index contributed by atoms with van der Waals surface area (Å²) in [5.74, 6) is -0.833. The Hall–Kier alpha value is -0.650. The van der Waals surface area contributed by atoms with E-state index in [-0.39, 0.29) is 6.61 Å². The van der Waals surface area contributed by atoms with E-state index in [9.17, 15) is 0 Å². The molecule has 0 spiro atoms. The van der Waals surface area contributed by atoms with E-state index >= 15 is 0 Å². The number of hydrogen-bond donors (Lipinski definition) is 4. The molecule has 0 aromatic rings. The van der Waals surface area contributed by atoms with Gasteiger partial charge in [0.1, 0.15) is 0 Å². The van der Waals surface area contributed by atoms with E-state index in [4.69, 9.17) is 25.8 Å². The SMILES string of the molecule is CC(=O)O.C[C@H](O)C(C)(N)CO. The molecule has 1 unspecified atom stereocenters. The van der Waals surface area contributed by atoms with Gasteiger partial charge in [0.15, 0.2) is 0 Å². The minimum atomic E-state index is -0.847. The Kier molecular flexibility index (Phi) is 6.88. The molecule has 0 fully saturated rings. The number of aliphatic hydroxyl groups excluding tert-OH is 2. The fourth-order valence-corrected chi connectivity index (χ4v) is 0.132. The van der Waals surface area contributed by atoms with Gasteiger partial charge in [0.25, 0.3) is 5.97 Å². The number of nitrogens with two attached hydrogens (primary N) is 1. The van der Waals surface area contributed by atoms with Crippen LogP contribution < -0.4 is 5.73 Å². The third-order valence-corrected chi connectivity index (χ3v) is 1.30. The number of rotatable bonds is 2. The maximum absolute atomic E-state index is 9.00. The number of aliphatic carboxylic acids is 1. The molecule has 0 heterocycles. The van der Waals surface area contributed by atoms with Crippen molar-refractivity contribution in [3.05, 3.63) is 0 Å². The van der Waals surface area contributed by atoms with Crippen LogP contribution in [0.4, 0.5) is 0 Å². The third kappa shape index (κ3) is 9.35. The average Bonchev–Trinajstić information content (AvgIpc) is 1.86. The second kappa shape index (κ2) is 5.93. The van der Waals surface area contributed by atoms with Crippen molar-refractivity contribution in [2.75, 3.05) is 6.61 Å². The summed E-state index contributed by atoms with van der Waals surface area (Å²) >= 11 is 0. The molecule has 0 radical (unpaired) electrons. The van der Waals surface area contributed by atoms with Crippen LogP contribution in [0.3, 0.4) is 0 Å². The van der Waals surface area contributed by atoms with Gasteiger partial charge in [0, 0.05) is 6.92 Å². The van der Waals surface area contributed by atoms with Gasteiger partial charge in [0.2, 0.25) is 0 Å². The second-order valence-corrected chi connectivity index (χ2v) is 2.86. The van der Waals surface area contributed by atoms with Gasteiger partial charge in [-0.05, 0) is 13.8 Å². The van der Waals surface area contributed by atoms with Crippen molar-refractivity contribution in [1.82, 2.24) is 0 Å². The van der Waals surface area contributed by atoms with E-state index in [1.807, 2.05) is 0 Å². The van der Waals surface area contributed by atoms with Gasteiger partial charge in [-0.3, -0.25) is 4.79 Å². The lowest BCUT2D eigenvalue weighted by atomic mass is 9.99. The summed E-state index contributed by atoms with van der Waals surface area (Å²) in [4.78, 5) is 9.00. The molecule has 0 bridgehead atoms. The van der Waals surface area contributed by atoms with Gasteiger partial charge < -0.3 is 21.1 Å². The molecule has 2 atom stereocenters. The molecule has 5 N–H and O–H groups in total. The summed E-state index contributed by atoms with van der Waals surface area (Å²) in [5, 5.41) is 24.7. The number of carbonyl (C=O) groups is 1. The lowest BCUT2D eigenvalue weighted by molar-refractivity contribution is -0.134. The zero-order valence-electron chi connectivity index (χ0n) is 7.61. The van der Waals surface area contributed by atoms with Gasteiger partial charge in [0.05, 0.1) is 18.2 Å². The number of aliphatic hydroxyl groups is 2. The van der Waals surface area contributed by atoms with Crippen molar-refractivity contribution in [2.24, 2.45) is 5.73 Å². The Labute approximate surface area is 71.8 Å². The first-order valence-corrected chi connectivity index (χ1v) is 3.51. The first-order valence-electron chi connectivity index (χ1n) is 3.51. The van der Waals surface area contributed by atoms with Crippen LogP contribution in [-0.2, 0) is 4.79 Å². The van der Waals surface area contributed by atoms with Crippen LogP contribution in [0.1, 0.15) is 20.8 Å². The summed E-state index contributed by atoms with van der Waals surface area (Å²) < 4.78 is 0. The van der Waals surface area contributed by atoms with E-state index in [2.05, 4.69) is 0 Å². The van der Waals surface area contributed by atoms with Gasteiger partial charge in [-0.15, -0.1) is 0 Å². The number of carboxylic acid groups (broad SMARTS) is 1. The molecule has 74 valence electrons. The molecule has 5 nitrogen and oxygen atoms in total. The largest absolute Gasteiger partial charge is 0.481 e. The summed E-state index contributed by atoms with van der Waals surface area (Å²) in [6.07, 6.45) is -0.660. The van der Waals surface area contributed by atoms with Gasteiger partial charge in [-0.1, -0.05) is 0 Å². The minimum Gasteiger partial charge on any atom is -0.481 e. The predicted octanol–water partition coefficient (Wildman–Crippen LogP) is -0.832. The zero-order valence-corrected chi connectivity index (χ0v) is 7.61. The van der Waals surface area contributed by atoms with Crippen LogP contribution in [0.15, 0.2) is 0 Å². The van der Waals surface area contributed by atoms with Crippen molar-refractivity contribution >= 4 is 5.97 Å². The molecular formula is C7H17NO4. The molecule has 12 heavy (non-hydrogen) atoms. The second-order valence-electron chi connectivity index (χ2n) is 2.86. The normalized spacial score (nSPS) is 16.8. The molecule has 0 aliphatic heterocycles. The van der Waals surface area contributed by atoms with E-state index in [1.165, 1.54) is 0 Å². The van der Waals surface area contributed by atoms with Gasteiger partial charge in [-0.25, -0.2) is 0 Å². The molecule has 0 aromatic carbocycles. The number of carboxylic acids is 1. The van der Waals surface area contributed by atoms with Gasteiger partial charge >= 0.3 is 0 Å². The Balaban J connectivity index is 0. The lowest BCUT2D eigenvalue weighted by Crippen LogP contribution is -2.49. The van der Waals surface area contributed by atoms with E-state index in [1.54, 1.807) is 13.8 Å². The van der Waals surface area contributed by atoms with Crippen molar-refractivity contribution in [1.29, 1.82) is 0 Å². The summed E-state index contributed by atoms with van der Waals surface area (Å²) in [7, 11) is 0. The van der Waals surface area contributed by atoms with E-state index in [0.29, 0.717) is 0 Å². The molecule has 0 aliphatic carbocycles. The molecule has 0 amide bonds. The van der Waals surface area contributed by atoms with Crippen molar-refractivity contribution < 1.29 is 20.1 Å². The molecule has 0 rings (SSSR count). The van der Waals surface area contributed by atoms with Gasteiger partial charge in [-0.2, -0.15) is 0 Å². The quantitative estimate of drug-likeness (QED) is 0.443. The fraction of sp³-hybridized carbons (Fsp3) is 0.857. The topological polar surface area (TPSA) is 104 Å². The highest BCUT2D eigenvalue weighted by Crippen LogP contribution is 2.02. The van der Waals surface area contributed by atoms with Crippen molar-refractivity contribution in [2.45, 2.75) is 32.4 Å². The Bertz CT molecular complexity index is 129. The summed E-state index contributed by atoms with van der Waals surface area (Å²) in [6, 6.07) is 0. The zero-order chi connectivity index (χ0) is 10.4. The molecule has 0 aliphatic rings. The Morgan fingerprint density at radius 2 is 1.92 bits per heavy atom. The van der Waals surface area contributed by atoms with Crippen LogP contribution in [0.25, 0.3) is 0 Å². The Morgan fingerprint density at radius 1 is 1.67 bits per heavy atom. The first-order chi connectivity index (χ1) is 5.24. The maximum Gasteiger partial charge on any atom is 0.300 e. The van der Waals surface area contributed by atoms with Crippen molar-refractivity contribution in [3.63, 3.8) is 0 Å². The molecule has 0 saturated carbocycles. The van der Waals surface area contributed by atoms with Crippen LogP contribution in [0, 0.1) is 0 Å². The summed E-state index contributed by atoms with van der Waals surface area (Å²) in [5.41, 5.74) is 4.51.